The van der Waals surface area contributed by atoms with Crippen LogP contribution >= 0.6 is 24.8 Å². The maximum Gasteiger partial charge on any atom is 0.244 e. The zero-order chi connectivity index (χ0) is 19.0. The van der Waals surface area contributed by atoms with Crippen molar-refractivity contribution in [2.45, 2.75) is 59.0 Å². The molecule has 0 saturated carbocycles. The molecule has 0 bridgehead atoms. The highest BCUT2D eigenvalue weighted by Gasteiger charge is 2.25. The number of fused-ring (bicyclic) bond motifs is 1. The topological polar surface area (TPSA) is 75.9 Å². The molecule has 1 fully saturated rings. The Bertz CT molecular complexity index is 863. The van der Waals surface area contributed by atoms with Gasteiger partial charge in [-0.2, -0.15) is 5.10 Å². The largest absolute Gasteiger partial charge is 0.336 e. The Morgan fingerprint density at radius 1 is 1.21 bits per heavy atom. The van der Waals surface area contributed by atoms with Crippen molar-refractivity contribution in [3.63, 3.8) is 0 Å². The number of piperidine rings is 1. The number of nitrogens with one attached hydrogen (secondary N) is 1. The molecule has 29 heavy (non-hydrogen) atoms. The monoisotopic (exact) mass is 440 g/mol. The van der Waals surface area contributed by atoms with E-state index in [-0.39, 0.29) is 30.7 Å². The van der Waals surface area contributed by atoms with E-state index >= 15 is 0 Å². The Balaban J connectivity index is 0.00000150. The fourth-order valence-corrected chi connectivity index (χ4v) is 3.99. The normalized spacial score (nSPS) is 16.6. The second kappa shape index (κ2) is 9.87. The first-order valence-corrected chi connectivity index (χ1v) is 9.86. The average Bonchev–Trinajstić information content (AvgIpc) is 2.94. The van der Waals surface area contributed by atoms with Crippen LogP contribution in [-0.2, 0) is 24.3 Å². The lowest BCUT2D eigenvalue weighted by molar-refractivity contribution is -0.133. The van der Waals surface area contributed by atoms with E-state index in [1.54, 1.807) is 0 Å². The van der Waals surface area contributed by atoms with Crippen LogP contribution < -0.4 is 5.32 Å². The molecule has 0 unspecified atom stereocenters. The van der Waals surface area contributed by atoms with Crippen LogP contribution in [0.25, 0.3) is 0 Å². The third-order valence-electron chi connectivity index (χ3n) is 6.04. The van der Waals surface area contributed by atoms with Crippen LogP contribution in [0.4, 0.5) is 0 Å². The molecule has 0 aromatic carbocycles. The van der Waals surface area contributed by atoms with Gasteiger partial charge in [0.2, 0.25) is 5.91 Å². The van der Waals surface area contributed by atoms with Crippen LogP contribution in [0.15, 0.2) is 6.20 Å². The molecule has 1 N–H and O–H groups in total. The number of carbonyl (C=O) groups is 1. The van der Waals surface area contributed by atoms with E-state index in [9.17, 15) is 4.79 Å². The molecule has 2 aliphatic rings. The van der Waals surface area contributed by atoms with Gasteiger partial charge in [-0.1, -0.05) is 0 Å². The number of hydrogen-bond acceptors (Lipinski definition) is 5. The fourth-order valence-electron chi connectivity index (χ4n) is 3.99. The van der Waals surface area contributed by atoms with Gasteiger partial charge in [0, 0.05) is 42.9 Å². The summed E-state index contributed by atoms with van der Waals surface area (Å²) >= 11 is 0. The van der Waals surface area contributed by atoms with Gasteiger partial charge in [0.05, 0.1) is 11.4 Å². The number of carbonyl (C=O) groups excluding carboxylic acids is 1. The van der Waals surface area contributed by atoms with Gasteiger partial charge in [0.15, 0.2) is 0 Å². The maximum absolute atomic E-state index is 12.8. The van der Waals surface area contributed by atoms with E-state index in [0.717, 1.165) is 66.4 Å². The Labute approximate surface area is 184 Å². The lowest BCUT2D eigenvalue weighted by atomic mass is 9.96. The predicted octanol–water partition coefficient (Wildman–Crippen LogP) is 2.49. The number of aromatic nitrogens is 4. The highest BCUT2D eigenvalue weighted by Crippen LogP contribution is 2.25. The summed E-state index contributed by atoms with van der Waals surface area (Å²) in [5.74, 6) is 1.55. The molecule has 2 aliphatic heterocycles. The quantitative estimate of drug-likeness (QED) is 0.792. The molecule has 0 aliphatic carbocycles. The summed E-state index contributed by atoms with van der Waals surface area (Å²) < 4.78 is 1.82. The molecule has 160 valence electrons. The van der Waals surface area contributed by atoms with Crippen molar-refractivity contribution in [2.24, 2.45) is 0 Å². The van der Waals surface area contributed by atoms with Crippen LogP contribution in [0, 0.1) is 20.8 Å². The third kappa shape index (κ3) is 4.90. The summed E-state index contributed by atoms with van der Waals surface area (Å²) in [6.07, 6.45) is 4.95. The van der Waals surface area contributed by atoms with Gasteiger partial charge in [-0.3, -0.25) is 9.48 Å². The molecule has 0 atom stereocenters. The summed E-state index contributed by atoms with van der Waals surface area (Å²) in [6.45, 7) is 9.74. The third-order valence-corrected chi connectivity index (χ3v) is 6.04. The van der Waals surface area contributed by atoms with E-state index in [1.807, 2.05) is 36.5 Å². The minimum Gasteiger partial charge on any atom is -0.336 e. The van der Waals surface area contributed by atoms with Crippen LogP contribution in [0.5, 0.6) is 0 Å². The highest BCUT2D eigenvalue weighted by molar-refractivity contribution is 5.85. The van der Waals surface area contributed by atoms with Crippen molar-refractivity contribution < 1.29 is 4.79 Å². The zero-order valence-electron chi connectivity index (χ0n) is 17.3. The molecular weight excluding hydrogens is 411 g/mol. The first-order valence-electron chi connectivity index (χ1n) is 9.86. The molecule has 1 saturated heterocycles. The van der Waals surface area contributed by atoms with Crippen LogP contribution in [0.1, 0.15) is 52.8 Å². The van der Waals surface area contributed by atoms with Gasteiger partial charge in [-0.15, -0.1) is 24.8 Å². The van der Waals surface area contributed by atoms with Crippen molar-refractivity contribution in [2.75, 3.05) is 19.6 Å². The number of rotatable bonds is 3. The summed E-state index contributed by atoms with van der Waals surface area (Å²) in [5, 5.41) is 7.88. The maximum atomic E-state index is 12.8. The molecule has 4 rings (SSSR count). The smallest absolute Gasteiger partial charge is 0.244 e. The molecule has 9 heteroatoms. The lowest BCUT2D eigenvalue weighted by Gasteiger charge is -2.29. The first kappa shape index (κ1) is 23.6. The Hall–Kier alpha value is -1.70. The van der Waals surface area contributed by atoms with Crippen molar-refractivity contribution in [1.29, 1.82) is 0 Å². The Morgan fingerprint density at radius 2 is 1.93 bits per heavy atom. The molecule has 0 spiro atoms. The number of nitrogens with zero attached hydrogens (tertiary/aromatic N) is 5. The zero-order valence-corrected chi connectivity index (χ0v) is 18.9. The standard InChI is InChI=1S/C20H28N6O.2ClH/c1-13-14(2)24-26(15(13)3)12-19(27)25-9-6-18-17(11-25)10-22-20(23-18)16-4-7-21-8-5-16;;/h10,16,21H,4-9,11-12H2,1-3H3;2*1H. The SMILES string of the molecule is Cc1nn(CC(=O)N2CCc3nc(C4CCNCC4)ncc3C2)c(C)c1C.Cl.Cl. The van der Waals surface area contributed by atoms with E-state index in [2.05, 4.69) is 15.4 Å². The van der Waals surface area contributed by atoms with Crippen molar-refractivity contribution >= 4 is 30.7 Å². The molecule has 2 aromatic heterocycles. The van der Waals surface area contributed by atoms with Crippen molar-refractivity contribution in [1.82, 2.24) is 30.0 Å². The van der Waals surface area contributed by atoms with E-state index in [1.165, 1.54) is 0 Å². The summed E-state index contributed by atoms with van der Waals surface area (Å²) in [4.78, 5) is 24.2. The summed E-state index contributed by atoms with van der Waals surface area (Å²) in [5.41, 5.74) is 5.41. The van der Waals surface area contributed by atoms with Crippen molar-refractivity contribution in [3.8, 4) is 0 Å². The first-order chi connectivity index (χ1) is 13.0. The van der Waals surface area contributed by atoms with E-state index in [4.69, 9.17) is 4.98 Å². The van der Waals surface area contributed by atoms with Gasteiger partial charge in [-0.25, -0.2) is 9.97 Å². The van der Waals surface area contributed by atoms with Crippen LogP contribution in [0.3, 0.4) is 0 Å². The number of hydrogen-bond donors (Lipinski definition) is 1. The second-order valence-corrected chi connectivity index (χ2v) is 7.74. The minimum atomic E-state index is 0. The summed E-state index contributed by atoms with van der Waals surface area (Å²) in [6, 6.07) is 0. The number of aryl methyl sites for hydroxylation is 1. The second-order valence-electron chi connectivity index (χ2n) is 7.74. The van der Waals surface area contributed by atoms with Gasteiger partial charge < -0.3 is 10.2 Å². The molecule has 1 amide bonds. The predicted molar refractivity (Wildman–Crippen MR) is 117 cm³/mol. The Kier molecular flexibility index (Phi) is 8.02. The minimum absolute atomic E-state index is 0. The Morgan fingerprint density at radius 3 is 2.59 bits per heavy atom. The summed E-state index contributed by atoms with van der Waals surface area (Å²) in [7, 11) is 0. The van der Waals surface area contributed by atoms with Gasteiger partial charge >= 0.3 is 0 Å². The van der Waals surface area contributed by atoms with Gasteiger partial charge in [0.1, 0.15) is 12.4 Å². The molecular formula is C20H30Cl2N6O. The molecule has 0 radical (unpaired) electrons. The van der Waals surface area contributed by atoms with Crippen molar-refractivity contribution in [3.05, 3.63) is 40.2 Å². The number of halogens is 2. The molecule has 4 heterocycles. The average molecular weight is 441 g/mol. The van der Waals surface area contributed by atoms with Gasteiger partial charge in [0.25, 0.3) is 0 Å². The lowest BCUT2D eigenvalue weighted by Crippen LogP contribution is -2.39. The van der Waals surface area contributed by atoms with Gasteiger partial charge in [-0.05, 0) is 52.3 Å². The van der Waals surface area contributed by atoms with Crippen LogP contribution in [-0.4, -0.2) is 50.2 Å². The van der Waals surface area contributed by atoms with Crippen LogP contribution in [0.2, 0.25) is 0 Å². The van der Waals surface area contributed by atoms with E-state index < -0.39 is 0 Å². The fraction of sp³-hybridized carbons (Fsp3) is 0.600. The van der Waals surface area contributed by atoms with E-state index in [0.29, 0.717) is 25.6 Å². The molecule has 2 aromatic rings. The molecule has 7 nitrogen and oxygen atoms in total. The number of amides is 1. The highest BCUT2D eigenvalue weighted by atomic mass is 35.5.